The second-order valence-corrected chi connectivity index (χ2v) is 6.11. The summed E-state index contributed by atoms with van der Waals surface area (Å²) < 4.78 is 2.07. The summed E-state index contributed by atoms with van der Waals surface area (Å²) in [5, 5.41) is 4.39. The van der Waals surface area contributed by atoms with Crippen LogP contribution in [0.25, 0.3) is 0 Å². The third-order valence-corrected chi connectivity index (χ3v) is 3.99. The summed E-state index contributed by atoms with van der Waals surface area (Å²) in [6, 6.07) is 4.52. The van der Waals surface area contributed by atoms with Crippen LogP contribution in [0.3, 0.4) is 0 Å². The lowest BCUT2D eigenvalue weighted by Gasteiger charge is -2.34. The van der Waals surface area contributed by atoms with Crippen LogP contribution in [-0.2, 0) is 0 Å². The second-order valence-electron chi connectivity index (χ2n) is 6.11. The lowest BCUT2D eigenvalue weighted by atomic mass is 10.1. The molecule has 5 heteroatoms. The molecule has 2 aromatic rings. The van der Waals surface area contributed by atoms with Crippen molar-refractivity contribution in [3.8, 4) is 0 Å². The SMILES string of the molecule is Cc1cc(N2CCCC(n3cccn3)C2)nc(C(C)C)n1. The van der Waals surface area contributed by atoms with Crippen LogP contribution < -0.4 is 4.90 Å². The molecule has 0 amide bonds. The standard InChI is InChI=1S/C16H23N5/c1-12(2)16-18-13(3)10-15(19-16)20-8-4-6-14(11-20)21-9-5-7-17-21/h5,7,9-10,12,14H,4,6,8,11H2,1-3H3. The number of hydrogen-bond acceptors (Lipinski definition) is 4. The maximum absolute atomic E-state index is 4.76. The van der Waals surface area contributed by atoms with Crippen molar-refractivity contribution in [2.75, 3.05) is 18.0 Å². The zero-order chi connectivity index (χ0) is 14.8. The molecule has 21 heavy (non-hydrogen) atoms. The van der Waals surface area contributed by atoms with E-state index in [0.717, 1.165) is 30.4 Å². The zero-order valence-corrected chi connectivity index (χ0v) is 13.0. The minimum atomic E-state index is 0.357. The molecule has 1 atom stereocenters. The first-order chi connectivity index (χ1) is 10.1. The van der Waals surface area contributed by atoms with E-state index < -0.39 is 0 Å². The Labute approximate surface area is 126 Å². The summed E-state index contributed by atoms with van der Waals surface area (Å²) in [7, 11) is 0. The minimum Gasteiger partial charge on any atom is -0.354 e. The summed E-state index contributed by atoms with van der Waals surface area (Å²) in [6.07, 6.45) is 6.26. The van der Waals surface area contributed by atoms with Gasteiger partial charge in [-0.2, -0.15) is 5.10 Å². The fourth-order valence-corrected chi connectivity index (χ4v) is 2.87. The number of aryl methyl sites for hydroxylation is 1. The number of rotatable bonds is 3. The molecule has 0 bridgehead atoms. The maximum atomic E-state index is 4.76. The lowest BCUT2D eigenvalue weighted by molar-refractivity contribution is 0.374. The Morgan fingerprint density at radius 3 is 2.86 bits per heavy atom. The average Bonchev–Trinajstić information content (AvgIpc) is 3.01. The first kappa shape index (κ1) is 14.0. The van der Waals surface area contributed by atoms with Crippen molar-refractivity contribution in [3.05, 3.63) is 36.0 Å². The van der Waals surface area contributed by atoms with Crippen LogP contribution >= 0.6 is 0 Å². The quantitative estimate of drug-likeness (QED) is 0.870. The van der Waals surface area contributed by atoms with E-state index in [-0.39, 0.29) is 0 Å². The monoisotopic (exact) mass is 285 g/mol. The van der Waals surface area contributed by atoms with Gasteiger partial charge in [0.05, 0.1) is 6.04 Å². The highest BCUT2D eigenvalue weighted by Crippen LogP contribution is 2.25. The van der Waals surface area contributed by atoms with Crippen molar-refractivity contribution >= 4 is 5.82 Å². The number of anilines is 1. The molecule has 0 aromatic carbocycles. The van der Waals surface area contributed by atoms with E-state index in [1.54, 1.807) is 0 Å². The van der Waals surface area contributed by atoms with Gasteiger partial charge in [0.15, 0.2) is 0 Å². The van der Waals surface area contributed by atoms with Crippen LogP contribution in [0.5, 0.6) is 0 Å². The van der Waals surface area contributed by atoms with Crippen LogP contribution in [0.15, 0.2) is 24.5 Å². The molecule has 3 heterocycles. The third kappa shape index (κ3) is 3.06. The van der Waals surface area contributed by atoms with Gasteiger partial charge in [0.2, 0.25) is 0 Å². The molecule has 0 spiro atoms. The van der Waals surface area contributed by atoms with E-state index >= 15 is 0 Å². The van der Waals surface area contributed by atoms with Crippen molar-refractivity contribution in [3.63, 3.8) is 0 Å². The Morgan fingerprint density at radius 1 is 1.29 bits per heavy atom. The molecule has 112 valence electrons. The molecule has 0 saturated carbocycles. The van der Waals surface area contributed by atoms with Crippen molar-refractivity contribution in [1.82, 2.24) is 19.7 Å². The number of nitrogens with zero attached hydrogens (tertiary/aromatic N) is 5. The summed E-state index contributed by atoms with van der Waals surface area (Å²) in [5.41, 5.74) is 1.05. The van der Waals surface area contributed by atoms with Crippen molar-refractivity contribution in [2.45, 2.75) is 45.6 Å². The van der Waals surface area contributed by atoms with Gasteiger partial charge < -0.3 is 4.90 Å². The molecule has 0 N–H and O–H groups in total. The van der Waals surface area contributed by atoms with E-state index in [1.165, 1.54) is 12.8 Å². The molecule has 1 fully saturated rings. The predicted octanol–water partition coefficient (Wildman–Crippen LogP) is 2.95. The van der Waals surface area contributed by atoms with Crippen LogP contribution in [0.4, 0.5) is 5.82 Å². The fourth-order valence-electron chi connectivity index (χ4n) is 2.87. The van der Waals surface area contributed by atoms with Crippen LogP contribution in [0, 0.1) is 6.92 Å². The summed E-state index contributed by atoms with van der Waals surface area (Å²) in [4.78, 5) is 11.7. The Hall–Kier alpha value is -1.91. The molecule has 2 aromatic heterocycles. The van der Waals surface area contributed by atoms with Gasteiger partial charge in [-0.3, -0.25) is 4.68 Å². The average molecular weight is 285 g/mol. The Kier molecular flexibility index (Phi) is 3.90. The molecule has 1 aliphatic rings. The lowest BCUT2D eigenvalue weighted by Crippen LogP contribution is -2.37. The molecular weight excluding hydrogens is 262 g/mol. The molecular formula is C16H23N5. The van der Waals surface area contributed by atoms with E-state index in [0.29, 0.717) is 12.0 Å². The van der Waals surface area contributed by atoms with E-state index in [1.807, 2.05) is 19.2 Å². The highest BCUT2D eigenvalue weighted by Gasteiger charge is 2.23. The predicted molar refractivity (Wildman–Crippen MR) is 83.6 cm³/mol. The number of aromatic nitrogens is 4. The van der Waals surface area contributed by atoms with Crippen LogP contribution in [0.1, 0.15) is 50.2 Å². The normalized spacial score (nSPS) is 19.2. The van der Waals surface area contributed by atoms with Gasteiger partial charge in [-0.05, 0) is 25.8 Å². The van der Waals surface area contributed by atoms with E-state index in [4.69, 9.17) is 4.98 Å². The largest absolute Gasteiger partial charge is 0.354 e. The van der Waals surface area contributed by atoms with Gasteiger partial charge >= 0.3 is 0 Å². The molecule has 0 aliphatic carbocycles. The first-order valence-corrected chi connectivity index (χ1v) is 7.73. The van der Waals surface area contributed by atoms with Crippen molar-refractivity contribution in [1.29, 1.82) is 0 Å². The Balaban J connectivity index is 1.83. The summed E-state index contributed by atoms with van der Waals surface area (Å²) in [5.74, 6) is 2.35. The summed E-state index contributed by atoms with van der Waals surface area (Å²) in [6.45, 7) is 8.36. The van der Waals surface area contributed by atoms with E-state index in [9.17, 15) is 0 Å². The molecule has 3 rings (SSSR count). The highest BCUT2D eigenvalue weighted by atomic mass is 15.3. The van der Waals surface area contributed by atoms with Gasteiger partial charge in [-0.1, -0.05) is 13.8 Å². The van der Waals surface area contributed by atoms with Gasteiger partial charge in [-0.25, -0.2) is 9.97 Å². The number of piperidine rings is 1. The Bertz CT molecular complexity index is 591. The molecule has 1 unspecified atom stereocenters. The molecule has 1 aliphatic heterocycles. The van der Waals surface area contributed by atoms with Crippen LogP contribution in [-0.4, -0.2) is 32.8 Å². The smallest absolute Gasteiger partial charge is 0.133 e. The van der Waals surface area contributed by atoms with Crippen molar-refractivity contribution in [2.24, 2.45) is 0 Å². The van der Waals surface area contributed by atoms with Gasteiger partial charge in [0, 0.05) is 43.2 Å². The molecule has 0 radical (unpaired) electrons. The van der Waals surface area contributed by atoms with E-state index in [2.05, 4.69) is 45.8 Å². The maximum Gasteiger partial charge on any atom is 0.133 e. The van der Waals surface area contributed by atoms with Crippen molar-refractivity contribution < 1.29 is 0 Å². The van der Waals surface area contributed by atoms with Gasteiger partial charge in [0.25, 0.3) is 0 Å². The van der Waals surface area contributed by atoms with Crippen LogP contribution in [0.2, 0.25) is 0 Å². The first-order valence-electron chi connectivity index (χ1n) is 7.73. The fraction of sp³-hybridized carbons (Fsp3) is 0.562. The van der Waals surface area contributed by atoms with Gasteiger partial charge in [0.1, 0.15) is 11.6 Å². The Morgan fingerprint density at radius 2 is 2.14 bits per heavy atom. The molecule has 5 nitrogen and oxygen atoms in total. The summed E-state index contributed by atoms with van der Waals surface area (Å²) >= 11 is 0. The molecule has 1 saturated heterocycles. The minimum absolute atomic E-state index is 0.357. The highest BCUT2D eigenvalue weighted by molar-refractivity contribution is 5.40. The second kappa shape index (κ2) is 5.84. The zero-order valence-electron chi connectivity index (χ0n) is 13.0. The topological polar surface area (TPSA) is 46.8 Å². The van der Waals surface area contributed by atoms with Gasteiger partial charge in [-0.15, -0.1) is 0 Å². The number of hydrogen-bond donors (Lipinski definition) is 0. The third-order valence-electron chi connectivity index (χ3n) is 3.99.